The van der Waals surface area contributed by atoms with Gasteiger partial charge in [-0.15, -0.1) is 0 Å². The van der Waals surface area contributed by atoms with E-state index in [9.17, 15) is 4.39 Å². The maximum Gasteiger partial charge on any atom is 0.131 e. The molecule has 0 radical (unpaired) electrons. The molecule has 0 saturated carbocycles. The van der Waals surface area contributed by atoms with Gasteiger partial charge in [-0.2, -0.15) is 0 Å². The van der Waals surface area contributed by atoms with Gasteiger partial charge in [0, 0.05) is 23.2 Å². The van der Waals surface area contributed by atoms with E-state index in [4.69, 9.17) is 0 Å². The first-order valence-corrected chi connectivity index (χ1v) is 4.36. The molecule has 0 spiro atoms. The summed E-state index contributed by atoms with van der Waals surface area (Å²) in [4.78, 5) is 3.89. The zero-order valence-corrected chi connectivity index (χ0v) is 7.79. The summed E-state index contributed by atoms with van der Waals surface area (Å²) in [5, 5.41) is 1.47. The van der Waals surface area contributed by atoms with Gasteiger partial charge in [-0.1, -0.05) is 26.0 Å². The van der Waals surface area contributed by atoms with Gasteiger partial charge < -0.3 is 0 Å². The van der Waals surface area contributed by atoms with Gasteiger partial charge >= 0.3 is 0 Å². The van der Waals surface area contributed by atoms with Crippen LogP contribution in [0.25, 0.3) is 10.8 Å². The Morgan fingerprint density at radius 3 is 2.62 bits per heavy atom. The summed E-state index contributed by atoms with van der Waals surface area (Å²) in [6, 6.07) is 6.64. The molecule has 2 heteroatoms. The van der Waals surface area contributed by atoms with Gasteiger partial charge in [-0.3, -0.25) is 4.98 Å². The summed E-state index contributed by atoms with van der Waals surface area (Å²) >= 11 is 0. The average Bonchev–Trinajstić information content (AvgIpc) is 2.22. The zero-order chi connectivity index (χ0) is 9.68. The Balaban J connectivity index is 0.000000396. The lowest BCUT2D eigenvalue weighted by molar-refractivity contribution is 0.640. The van der Waals surface area contributed by atoms with Crippen LogP contribution in [0.15, 0.2) is 36.7 Å². The molecule has 2 rings (SSSR count). The number of rotatable bonds is 0. The fourth-order valence-electron chi connectivity index (χ4n) is 1.08. The monoisotopic (exact) mass is 177 g/mol. The molecule has 1 aromatic heterocycles. The molecule has 0 unspecified atom stereocenters. The molecule has 0 aliphatic rings. The minimum absolute atomic E-state index is 0.190. The van der Waals surface area contributed by atoms with Crippen LogP contribution in [-0.4, -0.2) is 4.98 Å². The predicted octanol–water partition coefficient (Wildman–Crippen LogP) is 3.40. The van der Waals surface area contributed by atoms with Crippen LogP contribution in [0.3, 0.4) is 0 Å². The predicted molar refractivity (Wildman–Crippen MR) is 53.0 cm³/mol. The van der Waals surface area contributed by atoms with E-state index in [2.05, 4.69) is 4.98 Å². The molecular weight excluding hydrogens is 165 g/mol. The third-order valence-electron chi connectivity index (χ3n) is 1.63. The first-order valence-electron chi connectivity index (χ1n) is 4.36. The van der Waals surface area contributed by atoms with Crippen LogP contribution in [0.1, 0.15) is 13.8 Å². The quantitative estimate of drug-likeness (QED) is 0.601. The van der Waals surface area contributed by atoms with E-state index in [1.165, 1.54) is 6.07 Å². The van der Waals surface area contributed by atoms with Crippen molar-refractivity contribution in [2.75, 3.05) is 0 Å². The van der Waals surface area contributed by atoms with Crippen LogP contribution in [0.4, 0.5) is 4.39 Å². The number of halogens is 1. The van der Waals surface area contributed by atoms with Crippen molar-refractivity contribution in [3.05, 3.63) is 42.5 Å². The Labute approximate surface area is 77.2 Å². The molecule has 1 heterocycles. The molecule has 0 saturated heterocycles. The van der Waals surface area contributed by atoms with E-state index in [-0.39, 0.29) is 5.82 Å². The van der Waals surface area contributed by atoms with E-state index < -0.39 is 0 Å². The topological polar surface area (TPSA) is 12.9 Å². The first kappa shape index (κ1) is 9.65. The van der Waals surface area contributed by atoms with Gasteiger partial charge in [0.2, 0.25) is 0 Å². The number of hydrogen-bond acceptors (Lipinski definition) is 1. The van der Waals surface area contributed by atoms with Crippen molar-refractivity contribution in [1.29, 1.82) is 0 Å². The van der Waals surface area contributed by atoms with E-state index in [0.29, 0.717) is 5.39 Å². The summed E-state index contributed by atoms with van der Waals surface area (Å²) in [5.74, 6) is -0.190. The Hall–Kier alpha value is -1.44. The number of pyridine rings is 1. The van der Waals surface area contributed by atoms with E-state index in [1.54, 1.807) is 24.5 Å². The molecular formula is C11H12FN. The van der Waals surface area contributed by atoms with Crippen LogP contribution in [-0.2, 0) is 0 Å². The third kappa shape index (κ3) is 2.02. The highest BCUT2D eigenvalue weighted by Gasteiger charge is 1.96. The number of nitrogens with zero attached hydrogens (tertiary/aromatic N) is 1. The van der Waals surface area contributed by atoms with Gasteiger partial charge in [0.15, 0.2) is 0 Å². The van der Waals surface area contributed by atoms with Gasteiger partial charge in [-0.05, 0) is 12.1 Å². The van der Waals surface area contributed by atoms with E-state index in [0.717, 1.165) is 5.39 Å². The second-order valence-corrected chi connectivity index (χ2v) is 2.34. The number of aromatic nitrogens is 1. The fraction of sp³-hybridized carbons (Fsp3) is 0.182. The highest BCUT2D eigenvalue weighted by atomic mass is 19.1. The van der Waals surface area contributed by atoms with Crippen molar-refractivity contribution in [3.8, 4) is 0 Å². The zero-order valence-electron chi connectivity index (χ0n) is 7.79. The minimum Gasteiger partial charge on any atom is -0.264 e. The molecule has 0 aliphatic carbocycles. The van der Waals surface area contributed by atoms with E-state index in [1.807, 2.05) is 19.9 Å². The van der Waals surface area contributed by atoms with Crippen molar-refractivity contribution in [1.82, 2.24) is 4.98 Å². The summed E-state index contributed by atoms with van der Waals surface area (Å²) < 4.78 is 13.0. The molecule has 0 fully saturated rings. The van der Waals surface area contributed by atoms with Crippen molar-refractivity contribution in [3.63, 3.8) is 0 Å². The molecule has 1 aromatic carbocycles. The van der Waals surface area contributed by atoms with Crippen molar-refractivity contribution in [2.45, 2.75) is 13.8 Å². The smallest absolute Gasteiger partial charge is 0.131 e. The highest BCUT2D eigenvalue weighted by molar-refractivity contribution is 5.81. The normalized spacial score (nSPS) is 9.15. The highest BCUT2D eigenvalue weighted by Crippen LogP contribution is 2.14. The maximum absolute atomic E-state index is 13.0. The Morgan fingerprint density at radius 1 is 1.15 bits per heavy atom. The summed E-state index contributed by atoms with van der Waals surface area (Å²) in [6.07, 6.45) is 3.24. The Morgan fingerprint density at radius 2 is 1.92 bits per heavy atom. The minimum atomic E-state index is -0.190. The van der Waals surface area contributed by atoms with Gasteiger partial charge in [0.05, 0.1) is 0 Å². The summed E-state index contributed by atoms with van der Waals surface area (Å²) in [6.45, 7) is 4.00. The largest absolute Gasteiger partial charge is 0.264 e. The van der Waals surface area contributed by atoms with Gasteiger partial charge in [0.1, 0.15) is 5.82 Å². The Bertz CT molecular complexity index is 379. The summed E-state index contributed by atoms with van der Waals surface area (Å²) in [7, 11) is 0. The van der Waals surface area contributed by atoms with Crippen LogP contribution < -0.4 is 0 Å². The second-order valence-electron chi connectivity index (χ2n) is 2.34. The molecule has 13 heavy (non-hydrogen) atoms. The number of fused-ring (bicyclic) bond motifs is 1. The lowest BCUT2D eigenvalue weighted by atomic mass is 10.2. The van der Waals surface area contributed by atoms with Crippen molar-refractivity contribution >= 4 is 10.8 Å². The lowest BCUT2D eigenvalue weighted by Gasteiger charge is -1.95. The SMILES string of the molecule is CC.Fc1cccc2cnccc12. The third-order valence-corrected chi connectivity index (χ3v) is 1.63. The molecule has 0 aliphatic heterocycles. The van der Waals surface area contributed by atoms with Gasteiger partial charge in [-0.25, -0.2) is 4.39 Å². The van der Waals surface area contributed by atoms with E-state index >= 15 is 0 Å². The fourth-order valence-corrected chi connectivity index (χ4v) is 1.08. The first-order chi connectivity index (χ1) is 6.38. The van der Waals surface area contributed by atoms with Crippen molar-refractivity contribution in [2.24, 2.45) is 0 Å². The van der Waals surface area contributed by atoms with Crippen LogP contribution >= 0.6 is 0 Å². The lowest BCUT2D eigenvalue weighted by Crippen LogP contribution is -1.78. The maximum atomic E-state index is 13.0. The summed E-state index contributed by atoms with van der Waals surface area (Å²) in [5.41, 5.74) is 0. The standard InChI is InChI=1S/C9H6FN.C2H6/c10-9-3-1-2-7-6-11-5-4-8(7)9;1-2/h1-6H;1-2H3. The molecule has 68 valence electrons. The number of benzene rings is 1. The Kier molecular flexibility index (Phi) is 3.38. The van der Waals surface area contributed by atoms with Crippen molar-refractivity contribution < 1.29 is 4.39 Å². The molecule has 0 atom stereocenters. The van der Waals surface area contributed by atoms with Crippen LogP contribution in [0.5, 0.6) is 0 Å². The average molecular weight is 177 g/mol. The van der Waals surface area contributed by atoms with Crippen LogP contribution in [0, 0.1) is 5.82 Å². The van der Waals surface area contributed by atoms with Crippen LogP contribution in [0.2, 0.25) is 0 Å². The molecule has 2 aromatic rings. The number of hydrogen-bond donors (Lipinski definition) is 0. The molecule has 0 amide bonds. The van der Waals surface area contributed by atoms with Gasteiger partial charge in [0.25, 0.3) is 0 Å². The molecule has 1 nitrogen and oxygen atoms in total. The molecule has 0 N–H and O–H groups in total. The second kappa shape index (κ2) is 4.55. The molecule has 0 bridgehead atoms.